The van der Waals surface area contributed by atoms with Gasteiger partial charge in [0.05, 0.1) is 11.0 Å². The Labute approximate surface area is 159 Å². The molecule has 1 N–H and O–H groups in total. The van der Waals surface area contributed by atoms with E-state index < -0.39 is 6.09 Å². The first-order valence-electron chi connectivity index (χ1n) is 7.73. The third-order valence-corrected chi connectivity index (χ3v) is 4.87. The van der Waals surface area contributed by atoms with Crippen molar-refractivity contribution < 1.29 is 23.7 Å². The van der Waals surface area contributed by atoms with Gasteiger partial charge in [-0.15, -0.1) is 0 Å². The molecule has 1 aliphatic rings. The van der Waals surface area contributed by atoms with Crippen molar-refractivity contribution >= 4 is 28.7 Å². The Bertz CT molecular complexity index is 735. The van der Waals surface area contributed by atoms with E-state index in [1.54, 1.807) is 7.11 Å². The molecule has 0 saturated heterocycles. The van der Waals surface area contributed by atoms with E-state index >= 15 is 0 Å². The van der Waals surface area contributed by atoms with Gasteiger partial charge in [-0.2, -0.15) is 0 Å². The largest absolute Gasteiger partial charge is 0.497 e. The van der Waals surface area contributed by atoms with Crippen LogP contribution in [0.15, 0.2) is 42.5 Å². The van der Waals surface area contributed by atoms with Crippen molar-refractivity contribution in [3.05, 3.63) is 53.6 Å². The number of benzene rings is 2. The maximum atomic E-state index is 11.9. The number of halogens is 1. The van der Waals surface area contributed by atoms with Crippen LogP contribution < -0.4 is 19.5 Å². The summed E-state index contributed by atoms with van der Waals surface area (Å²) in [5, 5.41) is 2.78. The maximum Gasteiger partial charge on any atom is 0.407 e. The fraction of sp³-hybridized carbons (Fsp3) is 0.278. The van der Waals surface area contributed by atoms with E-state index in [9.17, 15) is 4.79 Å². The van der Waals surface area contributed by atoms with Crippen molar-refractivity contribution in [1.29, 1.82) is 0 Å². The molecule has 25 heavy (non-hydrogen) atoms. The molecular weight excluding hydrogens is 437 g/mol. The van der Waals surface area contributed by atoms with Gasteiger partial charge < -0.3 is 24.3 Å². The average Bonchev–Trinajstić information content (AvgIpc) is 3.12. The number of nitrogens with one attached hydrogen (secondary N) is 1. The smallest absolute Gasteiger partial charge is 0.407 e. The fourth-order valence-electron chi connectivity index (χ4n) is 2.32. The minimum atomic E-state index is -0.446. The van der Waals surface area contributed by atoms with Crippen LogP contribution in [0.4, 0.5) is 4.79 Å². The minimum absolute atomic E-state index is 0.0978. The Morgan fingerprint density at radius 2 is 1.96 bits per heavy atom. The first-order chi connectivity index (χ1) is 12.2. The highest BCUT2D eigenvalue weighted by Crippen LogP contribution is 2.36. The lowest BCUT2D eigenvalue weighted by atomic mass is 10.1. The molecule has 2 aromatic carbocycles. The van der Waals surface area contributed by atoms with Crippen LogP contribution >= 0.6 is 22.6 Å². The summed E-state index contributed by atoms with van der Waals surface area (Å²) >= 11 is 2.27. The fourth-order valence-corrected chi connectivity index (χ4v) is 2.93. The monoisotopic (exact) mass is 455 g/mol. The van der Waals surface area contributed by atoms with Crippen LogP contribution in [-0.2, 0) is 11.3 Å². The molecule has 0 radical (unpaired) electrons. The molecule has 0 fully saturated rings. The molecule has 0 saturated carbocycles. The van der Waals surface area contributed by atoms with Crippen molar-refractivity contribution in [2.45, 2.75) is 10.5 Å². The normalized spacial score (nSPS) is 13.2. The standard InChI is InChI=1S/C18H18INO5/c1-22-14-5-2-12(3-6-14)10-23-18(21)20-9-15(19)13-4-7-16-17(8-13)25-11-24-16/h2-8,15H,9-11H2,1H3,(H,20,21). The van der Waals surface area contributed by atoms with Crippen LogP contribution in [0.3, 0.4) is 0 Å². The molecule has 1 atom stereocenters. The number of ether oxygens (including phenoxy) is 4. The molecule has 3 rings (SSSR count). The summed E-state index contributed by atoms with van der Waals surface area (Å²) in [6.45, 7) is 0.925. The Morgan fingerprint density at radius 3 is 2.72 bits per heavy atom. The van der Waals surface area contributed by atoms with Crippen LogP contribution in [0.1, 0.15) is 15.1 Å². The van der Waals surface area contributed by atoms with Gasteiger partial charge in [-0.1, -0.05) is 40.8 Å². The van der Waals surface area contributed by atoms with Gasteiger partial charge in [0, 0.05) is 6.54 Å². The zero-order valence-corrected chi connectivity index (χ0v) is 15.8. The first-order valence-corrected chi connectivity index (χ1v) is 8.97. The second-order valence-electron chi connectivity index (χ2n) is 5.39. The second kappa shape index (κ2) is 8.28. The SMILES string of the molecule is COc1ccc(COC(=O)NCC(I)c2ccc3c(c2)OCO3)cc1. The average molecular weight is 455 g/mol. The van der Waals surface area contributed by atoms with E-state index in [0.29, 0.717) is 6.54 Å². The molecule has 132 valence electrons. The third-order valence-electron chi connectivity index (χ3n) is 3.71. The summed E-state index contributed by atoms with van der Waals surface area (Å²) in [6.07, 6.45) is -0.446. The van der Waals surface area contributed by atoms with E-state index in [1.165, 1.54) is 0 Å². The predicted octanol–water partition coefficient (Wildman–Crippen LogP) is 3.83. The Kier molecular flexibility index (Phi) is 5.85. The van der Waals surface area contributed by atoms with E-state index in [0.717, 1.165) is 28.4 Å². The topological polar surface area (TPSA) is 66.0 Å². The number of amides is 1. The van der Waals surface area contributed by atoms with Crippen LogP contribution in [0.2, 0.25) is 0 Å². The quantitative estimate of drug-likeness (QED) is 0.530. The van der Waals surface area contributed by atoms with Gasteiger partial charge in [-0.3, -0.25) is 0 Å². The summed E-state index contributed by atoms with van der Waals surface area (Å²) in [5.41, 5.74) is 1.96. The number of fused-ring (bicyclic) bond motifs is 1. The molecule has 2 aromatic rings. The second-order valence-corrected chi connectivity index (χ2v) is 6.89. The van der Waals surface area contributed by atoms with Gasteiger partial charge in [0.25, 0.3) is 0 Å². The number of alkyl carbamates (subject to hydrolysis) is 1. The number of methoxy groups -OCH3 is 1. The highest BCUT2D eigenvalue weighted by atomic mass is 127. The lowest BCUT2D eigenvalue weighted by Gasteiger charge is -2.12. The van der Waals surface area contributed by atoms with Crippen molar-refractivity contribution in [1.82, 2.24) is 5.32 Å². The van der Waals surface area contributed by atoms with Gasteiger partial charge in [-0.25, -0.2) is 4.79 Å². The van der Waals surface area contributed by atoms with Crippen molar-refractivity contribution in [2.75, 3.05) is 20.4 Å². The summed E-state index contributed by atoms with van der Waals surface area (Å²) < 4.78 is 21.1. The molecule has 1 unspecified atom stereocenters. The molecule has 1 aliphatic heterocycles. The zero-order chi connectivity index (χ0) is 17.6. The summed E-state index contributed by atoms with van der Waals surface area (Å²) in [6, 6.07) is 13.2. The lowest BCUT2D eigenvalue weighted by Crippen LogP contribution is -2.27. The van der Waals surface area contributed by atoms with Crippen LogP contribution in [0, 0.1) is 0 Å². The Balaban J connectivity index is 1.45. The third kappa shape index (κ3) is 4.68. The van der Waals surface area contributed by atoms with E-state index in [-0.39, 0.29) is 17.3 Å². The van der Waals surface area contributed by atoms with Gasteiger partial charge in [0.15, 0.2) is 11.5 Å². The number of hydrogen-bond donors (Lipinski definition) is 1. The predicted molar refractivity (Wildman–Crippen MR) is 101 cm³/mol. The molecular formula is C18H18INO5. The summed E-state index contributed by atoms with van der Waals surface area (Å²) in [4.78, 5) is 11.9. The van der Waals surface area contributed by atoms with Crippen molar-refractivity contribution in [2.24, 2.45) is 0 Å². The molecule has 0 aliphatic carbocycles. The van der Waals surface area contributed by atoms with Gasteiger partial charge in [0.1, 0.15) is 12.4 Å². The van der Waals surface area contributed by atoms with Crippen molar-refractivity contribution in [3.63, 3.8) is 0 Å². The number of carbonyl (C=O) groups excluding carboxylic acids is 1. The molecule has 0 bridgehead atoms. The van der Waals surface area contributed by atoms with Gasteiger partial charge in [-0.05, 0) is 35.4 Å². The molecule has 0 aromatic heterocycles. The molecule has 6 nitrogen and oxygen atoms in total. The number of rotatable bonds is 6. The highest BCUT2D eigenvalue weighted by molar-refractivity contribution is 14.1. The van der Waals surface area contributed by atoms with Crippen molar-refractivity contribution in [3.8, 4) is 17.2 Å². The number of alkyl halides is 1. The van der Waals surface area contributed by atoms with E-state index in [2.05, 4.69) is 27.9 Å². The summed E-state index contributed by atoms with van der Waals surface area (Å²) in [5.74, 6) is 2.25. The molecule has 0 spiro atoms. The molecule has 1 heterocycles. The maximum absolute atomic E-state index is 11.9. The summed E-state index contributed by atoms with van der Waals surface area (Å²) in [7, 11) is 1.61. The number of carbonyl (C=O) groups is 1. The van der Waals surface area contributed by atoms with Crippen LogP contribution in [0.25, 0.3) is 0 Å². The Hall–Kier alpha value is -2.16. The lowest BCUT2D eigenvalue weighted by molar-refractivity contribution is 0.140. The molecule has 7 heteroatoms. The minimum Gasteiger partial charge on any atom is -0.497 e. The number of hydrogen-bond acceptors (Lipinski definition) is 5. The van der Waals surface area contributed by atoms with E-state index in [4.69, 9.17) is 18.9 Å². The zero-order valence-electron chi connectivity index (χ0n) is 13.7. The van der Waals surface area contributed by atoms with Gasteiger partial charge in [0.2, 0.25) is 6.79 Å². The van der Waals surface area contributed by atoms with Crippen LogP contribution in [-0.4, -0.2) is 26.5 Å². The Morgan fingerprint density at radius 1 is 1.20 bits per heavy atom. The van der Waals surface area contributed by atoms with Crippen LogP contribution in [0.5, 0.6) is 17.2 Å². The van der Waals surface area contributed by atoms with E-state index in [1.807, 2.05) is 42.5 Å². The molecule has 1 amide bonds. The van der Waals surface area contributed by atoms with Gasteiger partial charge >= 0.3 is 6.09 Å². The highest BCUT2D eigenvalue weighted by Gasteiger charge is 2.17. The first kappa shape index (κ1) is 17.7.